The number of carbonyl (C=O) groups excluding carboxylic acids is 1. The summed E-state index contributed by atoms with van der Waals surface area (Å²) in [6, 6.07) is -0.629. The van der Waals surface area contributed by atoms with Gasteiger partial charge in [-0.3, -0.25) is 14.7 Å². The predicted molar refractivity (Wildman–Crippen MR) is 111 cm³/mol. The molecule has 3 heterocycles. The van der Waals surface area contributed by atoms with E-state index >= 15 is 0 Å². The number of aliphatic carboxylic acids is 1. The number of rotatable bonds is 6. The highest BCUT2D eigenvalue weighted by atomic mass is 32.2. The van der Waals surface area contributed by atoms with Crippen LogP contribution < -0.4 is 5.73 Å². The van der Waals surface area contributed by atoms with Crippen molar-refractivity contribution in [2.24, 2.45) is 10.7 Å². The van der Waals surface area contributed by atoms with E-state index in [2.05, 4.69) is 9.98 Å². The lowest BCUT2D eigenvalue weighted by atomic mass is 10.1. The summed E-state index contributed by atoms with van der Waals surface area (Å²) in [7, 11) is 1.70. The summed E-state index contributed by atoms with van der Waals surface area (Å²) in [5, 5.41) is 11.2. The van der Waals surface area contributed by atoms with Crippen LogP contribution in [0.1, 0.15) is 12.6 Å². The van der Waals surface area contributed by atoms with Crippen LogP contribution in [0.2, 0.25) is 0 Å². The van der Waals surface area contributed by atoms with Gasteiger partial charge in [0.15, 0.2) is 4.34 Å². The van der Waals surface area contributed by atoms with E-state index in [9.17, 15) is 14.7 Å². The normalized spacial score (nSPS) is 23.3. The Hall–Kier alpha value is -1.88. The Kier molecular flexibility index (Phi) is 6.20. The van der Waals surface area contributed by atoms with Gasteiger partial charge in [-0.25, -0.2) is 9.78 Å². The zero-order chi connectivity index (χ0) is 19.6. The summed E-state index contributed by atoms with van der Waals surface area (Å²) in [6.45, 7) is 1.92. The number of nitrogens with two attached hydrogens (primary N) is 1. The van der Waals surface area contributed by atoms with E-state index in [1.807, 2.05) is 30.5 Å². The Labute approximate surface area is 169 Å². The van der Waals surface area contributed by atoms with Crippen molar-refractivity contribution in [2.75, 3.05) is 12.8 Å². The molecule has 0 radical (unpaired) electrons. The van der Waals surface area contributed by atoms with Gasteiger partial charge < -0.3 is 10.8 Å². The fourth-order valence-corrected chi connectivity index (χ4v) is 6.08. The van der Waals surface area contributed by atoms with Crippen LogP contribution in [-0.4, -0.2) is 57.3 Å². The standard InChI is InChI=1S/C17H18N4O3S3/c1-3-4-9(5-6-19-2)10-7-26-17(20-10)27-11-8-25-15-12(18)14(22)21(15)13(11)16(23)24/h3-7,12,15H,8,18H2,1-2H3,(H,23,24)/b4-3-,9-5+,19-6+/t12-,15-/m1/s1. The zero-order valence-electron chi connectivity index (χ0n) is 14.7. The largest absolute Gasteiger partial charge is 0.477 e. The predicted octanol–water partition coefficient (Wildman–Crippen LogP) is 2.43. The smallest absolute Gasteiger partial charge is 0.353 e. The van der Waals surface area contributed by atoms with Crippen LogP contribution in [0.25, 0.3) is 5.57 Å². The van der Waals surface area contributed by atoms with E-state index in [4.69, 9.17) is 5.73 Å². The molecule has 142 valence electrons. The van der Waals surface area contributed by atoms with E-state index in [0.717, 1.165) is 15.6 Å². The fraction of sp³-hybridized carbons (Fsp3) is 0.294. The molecular weight excluding hydrogens is 404 g/mol. The monoisotopic (exact) mass is 422 g/mol. The average molecular weight is 423 g/mol. The lowest BCUT2D eigenvalue weighted by molar-refractivity contribution is -0.147. The van der Waals surface area contributed by atoms with E-state index in [-0.39, 0.29) is 17.0 Å². The molecule has 2 aliphatic rings. The number of aromatic nitrogens is 1. The molecule has 0 spiro atoms. The summed E-state index contributed by atoms with van der Waals surface area (Å²) in [5.41, 5.74) is 7.51. The van der Waals surface area contributed by atoms with Crippen LogP contribution in [-0.2, 0) is 9.59 Å². The highest BCUT2D eigenvalue weighted by Crippen LogP contribution is 2.45. The maximum absolute atomic E-state index is 12.0. The molecule has 0 unspecified atom stereocenters. The number of β-lactam (4-membered cyclic amide) rings is 1. The van der Waals surface area contributed by atoms with Gasteiger partial charge in [-0.05, 0) is 13.0 Å². The molecule has 3 N–H and O–H groups in total. The fourth-order valence-electron chi connectivity index (χ4n) is 2.67. The Morgan fingerprint density at radius 1 is 1.56 bits per heavy atom. The second-order valence-corrected chi connectivity index (χ2v) is 8.95. The second kappa shape index (κ2) is 8.42. The number of nitrogens with zero attached hydrogens (tertiary/aromatic N) is 3. The van der Waals surface area contributed by atoms with Crippen LogP contribution in [0.3, 0.4) is 0 Å². The number of thioether (sulfide) groups is 2. The van der Waals surface area contributed by atoms with E-state index in [1.54, 1.807) is 13.3 Å². The molecule has 1 amide bonds. The SMILES string of the molecule is C\C=C/C(=C\C=N\C)c1csc(SC2=C(C(=O)O)N3C(=O)[C@@H](N)[C@H]3SC2)n1. The summed E-state index contributed by atoms with van der Waals surface area (Å²) in [4.78, 5) is 34.2. The van der Waals surface area contributed by atoms with Gasteiger partial charge in [-0.2, -0.15) is 0 Å². The number of fused-ring (bicyclic) bond motifs is 1. The van der Waals surface area contributed by atoms with E-state index in [0.29, 0.717) is 10.7 Å². The first-order valence-electron chi connectivity index (χ1n) is 8.03. The molecule has 27 heavy (non-hydrogen) atoms. The molecule has 2 atom stereocenters. The van der Waals surface area contributed by atoms with Crippen molar-refractivity contribution in [3.05, 3.63) is 39.9 Å². The third-order valence-corrected chi connectivity index (χ3v) is 7.42. The minimum atomic E-state index is -1.12. The van der Waals surface area contributed by atoms with Gasteiger partial charge in [0, 0.05) is 34.9 Å². The highest BCUT2D eigenvalue weighted by Gasteiger charge is 2.52. The van der Waals surface area contributed by atoms with Gasteiger partial charge in [0.2, 0.25) is 5.91 Å². The lowest BCUT2D eigenvalue weighted by Crippen LogP contribution is -2.68. The van der Waals surface area contributed by atoms with E-state index < -0.39 is 12.0 Å². The first-order chi connectivity index (χ1) is 13.0. The minimum absolute atomic E-state index is 0.0227. The van der Waals surface area contributed by atoms with Gasteiger partial charge in [-0.1, -0.05) is 23.9 Å². The van der Waals surface area contributed by atoms with Crippen molar-refractivity contribution in [3.63, 3.8) is 0 Å². The number of carboxylic acid groups (broad SMARTS) is 1. The number of hydrogen-bond donors (Lipinski definition) is 2. The first kappa shape index (κ1) is 19.9. The van der Waals surface area contributed by atoms with Crippen molar-refractivity contribution in [3.8, 4) is 0 Å². The van der Waals surface area contributed by atoms with Gasteiger partial charge in [-0.15, -0.1) is 23.1 Å². The van der Waals surface area contributed by atoms with Crippen molar-refractivity contribution < 1.29 is 14.7 Å². The van der Waals surface area contributed by atoms with Crippen LogP contribution in [0.5, 0.6) is 0 Å². The summed E-state index contributed by atoms with van der Waals surface area (Å²) >= 11 is 4.20. The maximum Gasteiger partial charge on any atom is 0.353 e. The Balaban J connectivity index is 1.87. The summed E-state index contributed by atoms with van der Waals surface area (Å²) in [6.07, 6.45) is 7.42. The maximum atomic E-state index is 12.0. The number of thiazole rings is 1. The molecule has 10 heteroatoms. The first-order valence-corrected chi connectivity index (χ1v) is 10.8. The van der Waals surface area contributed by atoms with Crippen LogP contribution in [0.15, 0.2) is 43.5 Å². The number of carboxylic acids is 1. The van der Waals surface area contributed by atoms with Crippen molar-refractivity contribution in [1.29, 1.82) is 0 Å². The van der Waals surface area contributed by atoms with Gasteiger partial charge in [0.25, 0.3) is 0 Å². The molecule has 0 bridgehead atoms. The quantitative estimate of drug-likeness (QED) is 0.412. The summed E-state index contributed by atoms with van der Waals surface area (Å²) in [5.74, 6) is -0.975. The molecule has 7 nitrogen and oxygen atoms in total. The highest BCUT2D eigenvalue weighted by molar-refractivity contribution is 8.07. The molecule has 1 saturated heterocycles. The summed E-state index contributed by atoms with van der Waals surface area (Å²) < 4.78 is 0.721. The molecule has 1 aromatic heterocycles. The number of carbonyl (C=O) groups is 2. The lowest BCUT2D eigenvalue weighted by Gasteiger charge is -2.47. The third kappa shape index (κ3) is 3.88. The van der Waals surface area contributed by atoms with Crippen molar-refractivity contribution in [1.82, 2.24) is 9.88 Å². The molecule has 0 saturated carbocycles. The molecule has 3 rings (SSSR count). The average Bonchev–Trinajstić information content (AvgIpc) is 3.12. The van der Waals surface area contributed by atoms with Crippen molar-refractivity contribution >= 4 is 58.5 Å². The number of aliphatic imine (C=N–C) groups is 1. The third-order valence-electron chi connectivity index (χ3n) is 3.92. The number of amides is 1. The molecule has 0 aromatic carbocycles. The molecule has 2 aliphatic heterocycles. The van der Waals surface area contributed by atoms with Gasteiger partial charge >= 0.3 is 5.97 Å². The van der Waals surface area contributed by atoms with Crippen LogP contribution in [0, 0.1) is 0 Å². The zero-order valence-corrected chi connectivity index (χ0v) is 17.1. The molecule has 0 aliphatic carbocycles. The molecular formula is C17H18N4O3S3. The Morgan fingerprint density at radius 3 is 3.00 bits per heavy atom. The van der Waals surface area contributed by atoms with Gasteiger partial charge in [0.1, 0.15) is 17.1 Å². The van der Waals surface area contributed by atoms with Gasteiger partial charge in [0.05, 0.1) is 5.69 Å². The van der Waals surface area contributed by atoms with Crippen LogP contribution >= 0.6 is 34.9 Å². The minimum Gasteiger partial charge on any atom is -0.477 e. The number of allylic oxidation sites excluding steroid dienone is 4. The topological polar surface area (TPSA) is 109 Å². The number of hydrogen-bond acceptors (Lipinski definition) is 8. The Bertz CT molecular complexity index is 888. The molecule has 1 fully saturated rings. The Morgan fingerprint density at radius 2 is 2.33 bits per heavy atom. The second-order valence-electron chi connectivity index (χ2n) is 5.64. The molecule has 1 aromatic rings. The van der Waals surface area contributed by atoms with Crippen molar-refractivity contribution in [2.45, 2.75) is 22.7 Å². The van der Waals surface area contributed by atoms with E-state index in [1.165, 1.54) is 39.8 Å². The van der Waals surface area contributed by atoms with Crippen LogP contribution in [0.4, 0.5) is 0 Å².